The number of carbonyl (C=O) groups is 1. The molecule has 6 heteroatoms. The zero-order chi connectivity index (χ0) is 17.8. The van der Waals surface area contributed by atoms with Gasteiger partial charge in [-0.15, -0.1) is 0 Å². The van der Waals surface area contributed by atoms with Crippen LogP contribution in [0.1, 0.15) is 32.8 Å². The normalized spacial score (nSPS) is 11.5. The Kier molecular flexibility index (Phi) is 9.49. The molecular weight excluding hydrogens is 307 g/mol. The highest BCUT2D eigenvalue weighted by atomic mass is 19.1. The number of guanidine groups is 1. The van der Waals surface area contributed by atoms with E-state index in [0.717, 1.165) is 25.5 Å². The Morgan fingerprint density at radius 2 is 1.96 bits per heavy atom. The summed E-state index contributed by atoms with van der Waals surface area (Å²) >= 11 is 0. The highest BCUT2D eigenvalue weighted by Gasteiger charge is 2.04. The minimum Gasteiger partial charge on any atom is -0.357 e. The topological polar surface area (TPSA) is 65.5 Å². The molecular formula is C18H29FN4O. The minimum absolute atomic E-state index is 0.121. The molecule has 0 radical (unpaired) electrons. The molecule has 1 aromatic rings. The van der Waals surface area contributed by atoms with Crippen molar-refractivity contribution in [2.24, 2.45) is 10.9 Å². The molecule has 0 aliphatic rings. The molecule has 0 atom stereocenters. The zero-order valence-corrected chi connectivity index (χ0v) is 14.9. The Hall–Kier alpha value is -2.11. The van der Waals surface area contributed by atoms with Crippen molar-refractivity contribution in [1.29, 1.82) is 0 Å². The van der Waals surface area contributed by atoms with Crippen molar-refractivity contribution in [3.05, 3.63) is 35.6 Å². The molecule has 0 saturated heterocycles. The molecule has 0 bridgehead atoms. The Balaban J connectivity index is 2.28. The lowest BCUT2D eigenvalue weighted by atomic mass is 10.1. The summed E-state index contributed by atoms with van der Waals surface area (Å²) in [5, 5.41) is 9.18. The Morgan fingerprint density at radius 1 is 1.21 bits per heavy atom. The van der Waals surface area contributed by atoms with Crippen LogP contribution in [0.25, 0.3) is 0 Å². The van der Waals surface area contributed by atoms with Gasteiger partial charge >= 0.3 is 0 Å². The fourth-order valence-corrected chi connectivity index (χ4v) is 2.05. The number of amides is 1. The van der Waals surface area contributed by atoms with Gasteiger partial charge in [-0.2, -0.15) is 0 Å². The maximum absolute atomic E-state index is 13.1. The van der Waals surface area contributed by atoms with E-state index in [9.17, 15) is 9.18 Å². The smallest absolute Gasteiger partial charge is 0.224 e. The molecule has 1 rings (SSSR count). The van der Waals surface area contributed by atoms with Crippen molar-refractivity contribution in [1.82, 2.24) is 16.0 Å². The molecule has 134 valence electrons. The molecule has 0 spiro atoms. The third-order valence-corrected chi connectivity index (χ3v) is 3.31. The Labute approximate surface area is 144 Å². The third kappa shape index (κ3) is 9.12. The summed E-state index contributed by atoms with van der Waals surface area (Å²) in [6, 6.07) is 6.09. The standard InChI is InChI=1S/C18H29FN4O/c1-4-20-18(22-9-8-14(2)3)23-11-10-21-17(24)13-15-6-5-7-16(19)12-15/h5-7,12,14H,4,8-11,13H2,1-3H3,(H,21,24)(H2,20,22,23). The van der Waals surface area contributed by atoms with E-state index in [1.807, 2.05) is 6.92 Å². The molecule has 3 N–H and O–H groups in total. The second kappa shape index (κ2) is 11.4. The second-order valence-electron chi connectivity index (χ2n) is 6.03. The van der Waals surface area contributed by atoms with Crippen molar-refractivity contribution in [2.45, 2.75) is 33.6 Å². The summed E-state index contributed by atoms with van der Waals surface area (Å²) in [6.45, 7) is 9.00. The van der Waals surface area contributed by atoms with Crippen molar-refractivity contribution in [3.8, 4) is 0 Å². The van der Waals surface area contributed by atoms with E-state index in [-0.39, 0.29) is 18.1 Å². The summed E-state index contributed by atoms with van der Waals surface area (Å²) in [5.41, 5.74) is 0.670. The first-order valence-corrected chi connectivity index (χ1v) is 8.54. The van der Waals surface area contributed by atoms with Crippen LogP contribution in [-0.4, -0.2) is 38.0 Å². The number of aliphatic imine (C=N–C) groups is 1. The Bertz CT molecular complexity index is 532. The number of hydrogen-bond donors (Lipinski definition) is 3. The summed E-state index contributed by atoms with van der Waals surface area (Å²) in [6.07, 6.45) is 1.22. The highest BCUT2D eigenvalue weighted by molar-refractivity contribution is 5.80. The lowest BCUT2D eigenvalue weighted by molar-refractivity contribution is -0.120. The van der Waals surface area contributed by atoms with E-state index in [2.05, 4.69) is 34.8 Å². The highest BCUT2D eigenvalue weighted by Crippen LogP contribution is 2.03. The second-order valence-corrected chi connectivity index (χ2v) is 6.03. The van der Waals surface area contributed by atoms with Gasteiger partial charge in [0.15, 0.2) is 5.96 Å². The van der Waals surface area contributed by atoms with Gasteiger partial charge in [0.25, 0.3) is 0 Å². The first kappa shape index (κ1) is 19.9. The van der Waals surface area contributed by atoms with Crippen LogP contribution < -0.4 is 16.0 Å². The van der Waals surface area contributed by atoms with Crippen molar-refractivity contribution >= 4 is 11.9 Å². The van der Waals surface area contributed by atoms with E-state index >= 15 is 0 Å². The lowest BCUT2D eigenvalue weighted by Gasteiger charge is -2.12. The monoisotopic (exact) mass is 336 g/mol. The first-order valence-electron chi connectivity index (χ1n) is 8.54. The van der Waals surface area contributed by atoms with Gasteiger partial charge in [0.2, 0.25) is 5.91 Å². The number of carbonyl (C=O) groups excluding carboxylic acids is 1. The summed E-state index contributed by atoms with van der Waals surface area (Å²) in [4.78, 5) is 16.3. The molecule has 1 amide bonds. The molecule has 5 nitrogen and oxygen atoms in total. The fourth-order valence-electron chi connectivity index (χ4n) is 2.05. The van der Waals surface area contributed by atoms with Crippen LogP contribution in [0.2, 0.25) is 0 Å². The summed E-state index contributed by atoms with van der Waals surface area (Å²) in [7, 11) is 0. The number of nitrogens with one attached hydrogen (secondary N) is 3. The summed E-state index contributed by atoms with van der Waals surface area (Å²) < 4.78 is 13.1. The quantitative estimate of drug-likeness (QED) is 0.367. The van der Waals surface area contributed by atoms with Crippen LogP contribution in [0.4, 0.5) is 4.39 Å². The number of nitrogens with zero attached hydrogens (tertiary/aromatic N) is 1. The number of halogens is 1. The van der Waals surface area contributed by atoms with Crippen LogP contribution in [0.15, 0.2) is 29.3 Å². The average Bonchev–Trinajstić information content (AvgIpc) is 2.51. The largest absolute Gasteiger partial charge is 0.357 e. The van der Waals surface area contributed by atoms with E-state index in [0.29, 0.717) is 24.6 Å². The van der Waals surface area contributed by atoms with Crippen molar-refractivity contribution < 1.29 is 9.18 Å². The predicted octanol–water partition coefficient (Wildman–Crippen LogP) is 2.09. The van der Waals surface area contributed by atoms with E-state index < -0.39 is 0 Å². The van der Waals surface area contributed by atoms with Gasteiger partial charge in [-0.25, -0.2) is 4.39 Å². The number of hydrogen-bond acceptors (Lipinski definition) is 2. The van der Waals surface area contributed by atoms with Gasteiger partial charge in [-0.1, -0.05) is 26.0 Å². The molecule has 0 aliphatic heterocycles. The Morgan fingerprint density at radius 3 is 2.62 bits per heavy atom. The van der Waals surface area contributed by atoms with E-state index in [1.54, 1.807) is 12.1 Å². The molecule has 1 aromatic carbocycles. The van der Waals surface area contributed by atoms with Crippen LogP contribution in [0.5, 0.6) is 0 Å². The van der Waals surface area contributed by atoms with Crippen LogP contribution in [0, 0.1) is 11.7 Å². The van der Waals surface area contributed by atoms with Gasteiger partial charge in [-0.05, 0) is 37.0 Å². The van der Waals surface area contributed by atoms with Gasteiger partial charge in [0.05, 0.1) is 6.42 Å². The molecule has 0 aromatic heterocycles. The first-order chi connectivity index (χ1) is 11.5. The van der Waals surface area contributed by atoms with Gasteiger partial charge in [0.1, 0.15) is 5.82 Å². The minimum atomic E-state index is -0.324. The van der Waals surface area contributed by atoms with Crippen molar-refractivity contribution in [3.63, 3.8) is 0 Å². The predicted molar refractivity (Wildman–Crippen MR) is 96.6 cm³/mol. The maximum atomic E-state index is 13.1. The molecule has 0 heterocycles. The third-order valence-electron chi connectivity index (χ3n) is 3.31. The molecule has 0 fully saturated rings. The molecule has 24 heavy (non-hydrogen) atoms. The van der Waals surface area contributed by atoms with E-state index in [4.69, 9.17) is 0 Å². The summed E-state index contributed by atoms with van der Waals surface area (Å²) in [5.74, 6) is 0.940. The number of rotatable bonds is 9. The molecule has 0 saturated carbocycles. The molecule has 0 unspecified atom stereocenters. The lowest BCUT2D eigenvalue weighted by Crippen LogP contribution is -2.41. The molecule has 0 aliphatic carbocycles. The maximum Gasteiger partial charge on any atom is 0.224 e. The zero-order valence-electron chi connectivity index (χ0n) is 14.9. The SMILES string of the molecule is CCNC(=NCCC(C)C)NCCNC(=O)Cc1cccc(F)c1. The van der Waals surface area contributed by atoms with Crippen molar-refractivity contribution in [2.75, 3.05) is 26.2 Å². The van der Waals surface area contributed by atoms with Crippen LogP contribution in [0.3, 0.4) is 0 Å². The van der Waals surface area contributed by atoms with Gasteiger partial charge in [-0.3, -0.25) is 9.79 Å². The van der Waals surface area contributed by atoms with Gasteiger partial charge < -0.3 is 16.0 Å². The fraction of sp³-hybridized carbons (Fsp3) is 0.556. The average molecular weight is 336 g/mol. The van der Waals surface area contributed by atoms with Crippen LogP contribution >= 0.6 is 0 Å². The number of benzene rings is 1. The van der Waals surface area contributed by atoms with Crippen LogP contribution in [-0.2, 0) is 11.2 Å². The van der Waals surface area contributed by atoms with E-state index in [1.165, 1.54) is 12.1 Å². The van der Waals surface area contributed by atoms with Gasteiger partial charge in [0, 0.05) is 26.2 Å².